The van der Waals surface area contributed by atoms with Crippen LogP contribution in [0.15, 0.2) is 12.1 Å². The van der Waals surface area contributed by atoms with Crippen molar-refractivity contribution in [3.8, 4) is 0 Å². The van der Waals surface area contributed by atoms with Crippen molar-refractivity contribution in [2.75, 3.05) is 13.6 Å². The molecule has 0 aliphatic heterocycles. The van der Waals surface area contributed by atoms with Crippen LogP contribution >= 0.6 is 23.2 Å². The number of hydrogen-bond donors (Lipinski definition) is 1. The van der Waals surface area contributed by atoms with Gasteiger partial charge in [-0.25, -0.2) is 0 Å². The number of nitro groups is 1. The number of nitro benzene ring substituents is 1. The summed E-state index contributed by atoms with van der Waals surface area (Å²) in [5, 5.41) is 19.3. The Balaban J connectivity index is 3.08. The average molecular weight is 335 g/mol. The lowest BCUT2D eigenvalue weighted by molar-refractivity contribution is -0.384. The highest BCUT2D eigenvalue weighted by Crippen LogP contribution is 2.33. The molecule has 0 radical (unpaired) electrons. The van der Waals surface area contributed by atoms with Crippen molar-refractivity contribution in [2.24, 2.45) is 5.92 Å². The van der Waals surface area contributed by atoms with Crippen molar-refractivity contribution < 1.29 is 19.6 Å². The number of aliphatic carboxylic acids is 1. The zero-order valence-electron chi connectivity index (χ0n) is 11.2. The zero-order valence-corrected chi connectivity index (χ0v) is 12.7. The van der Waals surface area contributed by atoms with Gasteiger partial charge in [-0.05, 0) is 6.07 Å². The highest BCUT2D eigenvalue weighted by Gasteiger charge is 2.23. The third-order valence-electron chi connectivity index (χ3n) is 2.77. The second-order valence-electron chi connectivity index (χ2n) is 4.47. The molecule has 1 aromatic rings. The minimum absolute atomic E-state index is 0.0313. The van der Waals surface area contributed by atoms with Gasteiger partial charge in [0, 0.05) is 25.2 Å². The second-order valence-corrected chi connectivity index (χ2v) is 5.26. The van der Waals surface area contributed by atoms with Gasteiger partial charge in [0.25, 0.3) is 11.6 Å². The monoisotopic (exact) mass is 334 g/mol. The van der Waals surface area contributed by atoms with Gasteiger partial charge >= 0.3 is 5.97 Å². The Morgan fingerprint density at radius 1 is 1.43 bits per heavy atom. The highest BCUT2D eigenvalue weighted by molar-refractivity contribution is 6.43. The molecule has 21 heavy (non-hydrogen) atoms. The van der Waals surface area contributed by atoms with Crippen LogP contribution < -0.4 is 0 Å². The first-order valence-corrected chi connectivity index (χ1v) is 6.52. The molecule has 0 heterocycles. The lowest BCUT2D eigenvalue weighted by atomic mass is 10.1. The molecule has 1 unspecified atom stereocenters. The fourth-order valence-electron chi connectivity index (χ4n) is 1.62. The highest BCUT2D eigenvalue weighted by atomic mass is 35.5. The molecule has 1 amide bonds. The SMILES string of the molecule is CC(CN(C)C(=O)c1cc(Cl)c(Cl)c([N+](=O)[O-])c1)C(=O)O. The molecule has 1 N–H and O–H groups in total. The number of nitrogens with zero attached hydrogens (tertiary/aromatic N) is 2. The molecule has 1 atom stereocenters. The maximum atomic E-state index is 12.1. The van der Waals surface area contributed by atoms with Gasteiger partial charge in [0.05, 0.1) is 15.9 Å². The molecule has 1 aromatic carbocycles. The van der Waals surface area contributed by atoms with E-state index in [0.29, 0.717) is 0 Å². The van der Waals surface area contributed by atoms with E-state index in [1.807, 2.05) is 0 Å². The van der Waals surface area contributed by atoms with Crippen LogP contribution in [-0.2, 0) is 4.79 Å². The Labute approximate surface area is 130 Å². The van der Waals surface area contributed by atoms with E-state index >= 15 is 0 Å². The molecule has 0 aromatic heterocycles. The minimum atomic E-state index is -1.05. The summed E-state index contributed by atoms with van der Waals surface area (Å²) < 4.78 is 0. The fourth-order valence-corrected chi connectivity index (χ4v) is 2.02. The predicted molar refractivity (Wildman–Crippen MR) is 76.9 cm³/mol. The number of carboxylic acid groups (broad SMARTS) is 1. The van der Waals surface area contributed by atoms with Crippen LogP contribution in [0, 0.1) is 16.0 Å². The van der Waals surface area contributed by atoms with Crippen LogP contribution in [0.2, 0.25) is 10.0 Å². The van der Waals surface area contributed by atoms with Gasteiger partial charge in [0.15, 0.2) is 0 Å². The first-order valence-electron chi connectivity index (χ1n) is 5.76. The summed E-state index contributed by atoms with van der Waals surface area (Å²) in [4.78, 5) is 34.2. The van der Waals surface area contributed by atoms with Crippen molar-refractivity contribution in [1.82, 2.24) is 4.90 Å². The van der Waals surface area contributed by atoms with E-state index < -0.39 is 28.4 Å². The van der Waals surface area contributed by atoms with Crippen LogP contribution in [0.3, 0.4) is 0 Å². The van der Waals surface area contributed by atoms with E-state index in [4.69, 9.17) is 28.3 Å². The predicted octanol–water partition coefficient (Wildman–Crippen LogP) is 2.69. The van der Waals surface area contributed by atoms with Gasteiger partial charge in [-0.1, -0.05) is 30.1 Å². The molecular formula is C12H12Cl2N2O5. The number of hydrogen-bond acceptors (Lipinski definition) is 4. The fraction of sp³-hybridized carbons (Fsp3) is 0.333. The van der Waals surface area contributed by atoms with Gasteiger partial charge in [0.2, 0.25) is 0 Å². The van der Waals surface area contributed by atoms with E-state index in [-0.39, 0.29) is 22.2 Å². The average Bonchev–Trinajstić information content (AvgIpc) is 2.40. The Morgan fingerprint density at radius 2 is 2.00 bits per heavy atom. The Bertz CT molecular complexity index is 606. The standard InChI is InChI=1S/C12H12Cl2N2O5/c1-6(12(18)19)5-15(2)11(17)7-3-8(13)10(14)9(4-7)16(20)21/h3-4,6H,5H2,1-2H3,(H,18,19). The summed E-state index contributed by atoms with van der Waals surface area (Å²) in [5.41, 5.74) is -0.511. The molecule has 114 valence electrons. The summed E-state index contributed by atoms with van der Waals surface area (Å²) in [5.74, 6) is -2.39. The molecular weight excluding hydrogens is 323 g/mol. The van der Waals surface area contributed by atoms with Crippen molar-refractivity contribution in [1.29, 1.82) is 0 Å². The van der Waals surface area contributed by atoms with Crippen LogP contribution in [0.1, 0.15) is 17.3 Å². The number of benzene rings is 1. The molecule has 0 bridgehead atoms. The van der Waals surface area contributed by atoms with Crippen LogP contribution in [0.25, 0.3) is 0 Å². The summed E-state index contributed by atoms with van der Waals surface area (Å²) in [6.45, 7) is 1.41. The van der Waals surface area contributed by atoms with Gasteiger partial charge in [-0.2, -0.15) is 0 Å². The number of carbonyl (C=O) groups is 2. The Morgan fingerprint density at radius 3 is 2.48 bits per heavy atom. The third kappa shape index (κ3) is 4.05. The number of rotatable bonds is 5. The lowest BCUT2D eigenvalue weighted by Gasteiger charge is -2.19. The van der Waals surface area contributed by atoms with Gasteiger partial charge in [-0.15, -0.1) is 0 Å². The summed E-state index contributed by atoms with van der Waals surface area (Å²) in [6.07, 6.45) is 0. The molecule has 1 rings (SSSR count). The third-order valence-corrected chi connectivity index (χ3v) is 3.56. The minimum Gasteiger partial charge on any atom is -0.481 e. The van der Waals surface area contributed by atoms with Crippen molar-refractivity contribution in [3.63, 3.8) is 0 Å². The van der Waals surface area contributed by atoms with E-state index in [0.717, 1.165) is 11.0 Å². The van der Waals surface area contributed by atoms with Crippen molar-refractivity contribution in [3.05, 3.63) is 37.9 Å². The van der Waals surface area contributed by atoms with Crippen molar-refractivity contribution in [2.45, 2.75) is 6.92 Å². The first-order chi connectivity index (χ1) is 9.65. The van der Waals surface area contributed by atoms with E-state index in [9.17, 15) is 19.7 Å². The second kappa shape index (κ2) is 6.73. The molecule has 0 aliphatic carbocycles. The molecule has 9 heteroatoms. The first kappa shape index (κ1) is 17.2. The molecule has 0 spiro atoms. The molecule has 7 nitrogen and oxygen atoms in total. The quantitative estimate of drug-likeness (QED) is 0.658. The van der Waals surface area contributed by atoms with E-state index in [1.165, 1.54) is 20.0 Å². The molecule has 0 aliphatic rings. The van der Waals surface area contributed by atoms with Gasteiger partial charge in [0.1, 0.15) is 5.02 Å². The Kier molecular flexibility index (Phi) is 5.51. The smallest absolute Gasteiger partial charge is 0.308 e. The zero-order chi connectivity index (χ0) is 16.3. The molecule has 0 fully saturated rings. The lowest BCUT2D eigenvalue weighted by Crippen LogP contribution is -2.33. The normalized spacial score (nSPS) is 11.8. The maximum Gasteiger partial charge on any atom is 0.308 e. The molecule has 0 saturated heterocycles. The van der Waals surface area contributed by atoms with Gasteiger partial charge in [-0.3, -0.25) is 19.7 Å². The largest absolute Gasteiger partial charge is 0.481 e. The van der Waals surface area contributed by atoms with E-state index in [2.05, 4.69) is 0 Å². The number of halogens is 2. The van der Waals surface area contributed by atoms with Gasteiger partial charge < -0.3 is 10.0 Å². The van der Waals surface area contributed by atoms with Crippen molar-refractivity contribution >= 4 is 40.8 Å². The Hall–Kier alpha value is -1.86. The topological polar surface area (TPSA) is 101 Å². The maximum absolute atomic E-state index is 12.1. The summed E-state index contributed by atoms with van der Waals surface area (Å²) in [6, 6.07) is 2.22. The number of carbonyl (C=O) groups excluding carboxylic acids is 1. The summed E-state index contributed by atoms with van der Waals surface area (Å²) >= 11 is 11.5. The van der Waals surface area contributed by atoms with Crippen LogP contribution in [0.4, 0.5) is 5.69 Å². The van der Waals surface area contributed by atoms with E-state index in [1.54, 1.807) is 0 Å². The number of amides is 1. The van der Waals surface area contributed by atoms with Crippen LogP contribution in [-0.4, -0.2) is 40.4 Å². The molecule has 0 saturated carbocycles. The summed E-state index contributed by atoms with van der Waals surface area (Å²) in [7, 11) is 1.40. The van der Waals surface area contributed by atoms with Crippen LogP contribution in [0.5, 0.6) is 0 Å². The number of carboxylic acids is 1.